The van der Waals surface area contributed by atoms with Crippen LogP contribution in [-0.2, 0) is 24.5 Å². The number of hydrogen-bond donors (Lipinski definition) is 0. The summed E-state index contributed by atoms with van der Waals surface area (Å²) in [5.74, 6) is -1.14. The lowest BCUT2D eigenvalue weighted by atomic mass is 9.89. The second-order valence-corrected chi connectivity index (χ2v) is 4.49. The van der Waals surface area contributed by atoms with Gasteiger partial charge in [0.15, 0.2) is 5.41 Å². The first-order valence-corrected chi connectivity index (χ1v) is 6.33. The van der Waals surface area contributed by atoms with Gasteiger partial charge < -0.3 is 9.47 Å². The molecule has 94 valence electrons. The molecule has 0 atom stereocenters. The summed E-state index contributed by atoms with van der Waals surface area (Å²) in [5.41, 5.74) is -1.36. The number of carbonyl (C=O) groups excluding carboxylic acids is 2. The summed E-state index contributed by atoms with van der Waals surface area (Å²) in [5, 5.41) is 1.81. The van der Waals surface area contributed by atoms with Gasteiger partial charge in [0, 0.05) is 4.88 Å². The van der Waals surface area contributed by atoms with Gasteiger partial charge in [-0.25, -0.2) is 0 Å². The highest BCUT2D eigenvalue weighted by atomic mass is 32.1. The molecule has 0 spiro atoms. The summed E-state index contributed by atoms with van der Waals surface area (Å²) in [4.78, 5) is 24.6. The van der Waals surface area contributed by atoms with Crippen LogP contribution in [0.4, 0.5) is 0 Å². The van der Waals surface area contributed by atoms with Crippen molar-refractivity contribution in [2.75, 3.05) is 13.2 Å². The molecule has 1 aromatic rings. The minimum atomic E-state index is -1.36. The Kier molecular flexibility index (Phi) is 4.69. The average molecular weight is 256 g/mol. The first-order valence-electron chi connectivity index (χ1n) is 5.45. The Morgan fingerprint density at radius 2 is 1.76 bits per heavy atom. The van der Waals surface area contributed by atoms with Crippen molar-refractivity contribution in [3.8, 4) is 0 Å². The molecule has 17 heavy (non-hydrogen) atoms. The Bertz CT molecular complexity index is 365. The van der Waals surface area contributed by atoms with Crippen LogP contribution in [0.15, 0.2) is 17.5 Å². The fourth-order valence-electron chi connectivity index (χ4n) is 1.40. The molecule has 0 saturated carbocycles. The molecule has 0 unspecified atom stereocenters. The van der Waals surface area contributed by atoms with Crippen molar-refractivity contribution in [3.05, 3.63) is 22.4 Å². The van der Waals surface area contributed by atoms with E-state index in [1.165, 1.54) is 18.3 Å². The fourth-order valence-corrected chi connectivity index (χ4v) is 2.26. The highest BCUT2D eigenvalue weighted by molar-refractivity contribution is 7.10. The van der Waals surface area contributed by atoms with Crippen molar-refractivity contribution in [1.82, 2.24) is 0 Å². The van der Waals surface area contributed by atoms with Gasteiger partial charge in [-0.3, -0.25) is 9.59 Å². The summed E-state index contributed by atoms with van der Waals surface area (Å²) in [6.07, 6.45) is 0. The molecule has 1 heterocycles. The van der Waals surface area contributed by atoms with E-state index < -0.39 is 17.4 Å². The lowest BCUT2D eigenvalue weighted by Crippen LogP contribution is -2.43. The number of esters is 2. The fraction of sp³-hybridized carbons (Fsp3) is 0.500. The van der Waals surface area contributed by atoms with Crippen molar-refractivity contribution < 1.29 is 19.1 Å². The first kappa shape index (κ1) is 13.7. The van der Waals surface area contributed by atoms with E-state index in [0.29, 0.717) is 4.88 Å². The molecule has 1 aromatic heterocycles. The second-order valence-electron chi connectivity index (χ2n) is 3.54. The quantitative estimate of drug-likeness (QED) is 0.598. The minimum Gasteiger partial charge on any atom is -0.465 e. The van der Waals surface area contributed by atoms with Gasteiger partial charge in [-0.2, -0.15) is 0 Å². The maximum Gasteiger partial charge on any atom is 0.328 e. The number of carbonyl (C=O) groups is 2. The maximum atomic E-state index is 12.0. The molecule has 0 aliphatic rings. The van der Waals surface area contributed by atoms with Gasteiger partial charge in [0.25, 0.3) is 0 Å². The largest absolute Gasteiger partial charge is 0.465 e. The molecule has 0 aromatic carbocycles. The zero-order chi connectivity index (χ0) is 12.9. The maximum absolute atomic E-state index is 12.0. The standard InChI is InChI=1S/C12H16O4S/c1-4-15-10(13)12(3,11(14)16-5-2)9-7-6-8-17-9/h6-8H,4-5H2,1-3H3. The van der Waals surface area contributed by atoms with Crippen LogP contribution in [0.1, 0.15) is 25.6 Å². The number of thiophene rings is 1. The Balaban J connectivity index is 3.09. The molecule has 0 radical (unpaired) electrons. The SMILES string of the molecule is CCOC(=O)C(C)(C(=O)OCC)c1cccs1. The zero-order valence-electron chi connectivity index (χ0n) is 10.2. The van der Waals surface area contributed by atoms with E-state index in [9.17, 15) is 9.59 Å². The van der Waals surface area contributed by atoms with Crippen molar-refractivity contribution in [3.63, 3.8) is 0 Å². The predicted molar refractivity (Wildman–Crippen MR) is 64.9 cm³/mol. The number of ether oxygens (including phenoxy) is 2. The highest BCUT2D eigenvalue weighted by Crippen LogP contribution is 2.31. The van der Waals surface area contributed by atoms with Crippen LogP contribution >= 0.6 is 11.3 Å². The third kappa shape index (κ3) is 2.66. The summed E-state index contributed by atoms with van der Waals surface area (Å²) >= 11 is 1.34. The van der Waals surface area contributed by atoms with Gasteiger partial charge in [-0.1, -0.05) is 6.07 Å². The molecule has 0 aliphatic carbocycles. The highest BCUT2D eigenvalue weighted by Gasteiger charge is 2.46. The van der Waals surface area contributed by atoms with Crippen molar-refractivity contribution in [1.29, 1.82) is 0 Å². The first-order chi connectivity index (χ1) is 8.07. The van der Waals surface area contributed by atoms with Gasteiger partial charge in [-0.15, -0.1) is 11.3 Å². The van der Waals surface area contributed by atoms with E-state index >= 15 is 0 Å². The number of hydrogen-bond acceptors (Lipinski definition) is 5. The minimum absolute atomic E-state index is 0.235. The molecule has 0 aliphatic heterocycles. The van der Waals surface area contributed by atoms with Crippen LogP contribution in [0.5, 0.6) is 0 Å². The summed E-state index contributed by atoms with van der Waals surface area (Å²) in [6.45, 7) is 5.42. The Morgan fingerprint density at radius 3 is 2.12 bits per heavy atom. The van der Waals surface area contributed by atoms with Crippen LogP contribution in [-0.4, -0.2) is 25.2 Å². The van der Waals surface area contributed by atoms with Gasteiger partial charge in [0.2, 0.25) is 0 Å². The molecular weight excluding hydrogens is 240 g/mol. The predicted octanol–water partition coefficient (Wildman–Crippen LogP) is 2.13. The van der Waals surface area contributed by atoms with Crippen molar-refractivity contribution in [2.24, 2.45) is 0 Å². The molecule has 0 fully saturated rings. The van der Waals surface area contributed by atoms with Crippen molar-refractivity contribution in [2.45, 2.75) is 26.2 Å². The molecule has 4 nitrogen and oxygen atoms in total. The Hall–Kier alpha value is -1.36. The van der Waals surface area contributed by atoms with Crippen LogP contribution < -0.4 is 0 Å². The Labute approximate surface area is 105 Å². The van der Waals surface area contributed by atoms with Crippen LogP contribution in [0.3, 0.4) is 0 Å². The van der Waals surface area contributed by atoms with Crippen LogP contribution in [0.2, 0.25) is 0 Å². The number of rotatable bonds is 5. The summed E-state index contributed by atoms with van der Waals surface area (Å²) in [7, 11) is 0. The molecular formula is C12H16O4S. The summed E-state index contributed by atoms with van der Waals surface area (Å²) in [6, 6.07) is 3.52. The molecule has 0 bridgehead atoms. The normalized spacial score (nSPS) is 11.0. The van der Waals surface area contributed by atoms with Crippen LogP contribution in [0, 0.1) is 0 Å². The van der Waals surface area contributed by atoms with Crippen LogP contribution in [0.25, 0.3) is 0 Å². The van der Waals surface area contributed by atoms with E-state index in [1.807, 2.05) is 5.38 Å². The molecule has 1 rings (SSSR count). The van der Waals surface area contributed by atoms with E-state index in [-0.39, 0.29) is 13.2 Å². The third-order valence-electron chi connectivity index (χ3n) is 2.38. The van der Waals surface area contributed by atoms with Gasteiger partial charge in [0.1, 0.15) is 0 Å². The van der Waals surface area contributed by atoms with E-state index in [1.54, 1.807) is 26.0 Å². The lowest BCUT2D eigenvalue weighted by Gasteiger charge is -2.23. The molecule has 5 heteroatoms. The van der Waals surface area contributed by atoms with E-state index in [2.05, 4.69) is 0 Å². The third-order valence-corrected chi connectivity index (χ3v) is 3.47. The van der Waals surface area contributed by atoms with E-state index in [4.69, 9.17) is 9.47 Å². The van der Waals surface area contributed by atoms with Crippen molar-refractivity contribution >= 4 is 23.3 Å². The van der Waals surface area contributed by atoms with Gasteiger partial charge in [0.05, 0.1) is 13.2 Å². The van der Waals surface area contributed by atoms with Gasteiger partial charge in [-0.05, 0) is 32.2 Å². The topological polar surface area (TPSA) is 52.6 Å². The Morgan fingerprint density at radius 1 is 1.24 bits per heavy atom. The molecule has 0 amide bonds. The monoisotopic (exact) mass is 256 g/mol. The second kappa shape index (κ2) is 5.82. The smallest absolute Gasteiger partial charge is 0.328 e. The van der Waals surface area contributed by atoms with Gasteiger partial charge >= 0.3 is 11.9 Å². The zero-order valence-corrected chi connectivity index (χ0v) is 11.0. The lowest BCUT2D eigenvalue weighted by molar-refractivity contribution is -0.163. The average Bonchev–Trinajstić information content (AvgIpc) is 2.82. The van der Waals surface area contributed by atoms with E-state index in [0.717, 1.165) is 0 Å². The molecule has 0 saturated heterocycles. The summed E-state index contributed by atoms with van der Waals surface area (Å²) < 4.78 is 9.93. The molecule has 0 N–H and O–H groups in total.